The number of carbonyl (C=O) groups is 2. The third-order valence-electron chi connectivity index (χ3n) is 8.24. The van der Waals surface area contributed by atoms with Crippen LogP contribution in [0.2, 0.25) is 0 Å². The fraction of sp³-hybridized carbons (Fsp3) is 0.132. The van der Waals surface area contributed by atoms with Crippen LogP contribution in [0.5, 0.6) is 0 Å². The van der Waals surface area contributed by atoms with E-state index in [1.165, 1.54) is 16.7 Å². The molecule has 2 aliphatic rings. The van der Waals surface area contributed by atoms with Crippen LogP contribution >= 0.6 is 0 Å². The van der Waals surface area contributed by atoms with Crippen LogP contribution in [0.3, 0.4) is 0 Å². The summed E-state index contributed by atoms with van der Waals surface area (Å²) in [5, 5.41) is 12.0. The van der Waals surface area contributed by atoms with Gasteiger partial charge in [-0.1, -0.05) is 115 Å². The number of nitrogens with two attached hydrogens (primary N) is 2. The number of hydrogen-bond donors (Lipinski definition) is 4. The van der Waals surface area contributed by atoms with Gasteiger partial charge in [0.2, 0.25) is 0 Å². The van der Waals surface area contributed by atoms with Crippen LogP contribution in [0.1, 0.15) is 45.2 Å². The highest BCUT2D eigenvalue weighted by Crippen LogP contribution is 2.47. The van der Waals surface area contributed by atoms with Crippen LogP contribution in [0.15, 0.2) is 132 Å². The Morgan fingerprint density at radius 2 is 1.24 bits per heavy atom. The van der Waals surface area contributed by atoms with E-state index < -0.39 is 18.1 Å². The largest absolute Gasteiger partial charge is 0.480 e. The van der Waals surface area contributed by atoms with Gasteiger partial charge in [-0.15, -0.1) is 0 Å². The van der Waals surface area contributed by atoms with E-state index in [9.17, 15) is 14.7 Å². The Hall–Kier alpha value is -5.89. The van der Waals surface area contributed by atoms with Crippen LogP contribution in [-0.4, -0.2) is 35.8 Å². The molecule has 0 bridgehead atoms. The molecule has 1 atom stereocenters. The number of rotatable bonds is 8. The summed E-state index contributed by atoms with van der Waals surface area (Å²) in [6.45, 7) is 0.111. The van der Waals surface area contributed by atoms with E-state index in [0.29, 0.717) is 17.2 Å². The number of nitrogens with one attached hydrogen (secondary N) is 1. The summed E-state index contributed by atoms with van der Waals surface area (Å²) in [5.41, 5.74) is 20.8. The van der Waals surface area contributed by atoms with E-state index in [-0.39, 0.29) is 24.9 Å². The maximum atomic E-state index is 12.5. The highest BCUT2D eigenvalue weighted by molar-refractivity contribution is 5.81. The number of hydrogen-bond acceptors (Lipinski definition) is 4. The number of carboxylic acid groups (broad SMARTS) is 1. The van der Waals surface area contributed by atoms with Crippen LogP contribution < -0.4 is 16.8 Å². The third-order valence-corrected chi connectivity index (χ3v) is 8.24. The van der Waals surface area contributed by atoms with Crippen molar-refractivity contribution in [3.8, 4) is 11.1 Å². The molecule has 0 aliphatic heterocycles. The van der Waals surface area contributed by atoms with E-state index in [0.717, 1.165) is 22.3 Å². The van der Waals surface area contributed by atoms with E-state index in [1.807, 2.05) is 48.5 Å². The molecule has 1 amide bonds. The third kappa shape index (κ3) is 6.76. The van der Waals surface area contributed by atoms with E-state index in [4.69, 9.17) is 16.2 Å². The number of nitrogens with zero attached hydrogens (tertiary/aromatic N) is 1. The molecule has 230 valence electrons. The van der Waals surface area contributed by atoms with Crippen molar-refractivity contribution in [3.05, 3.63) is 161 Å². The van der Waals surface area contributed by atoms with Crippen molar-refractivity contribution in [2.75, 3.05) is 6.61 Å². The summed E-state index contributed by atoms with van der Waals surface area (Å²) >= 11 is 0. The van der Waals surface area contributed by atoms with Gasteiger partial charge in [0.05, 0.1) is 5.69 Å². The highest BCUT2D eigenvalue weighted by Gasteiger charge is 2.32. The number of carbonyl (C=O) groups excluding carboxylic acids is 1. The van der Waals surface area contributed by atoms with Crippen molar-refractivity contribution in [2.45, 2.75) is 24.3 Å². The maximum absolute atomic E-state index is 12.5. The molecule has 7 rings (SSSR count). The number of carboxylic acids is 1. The Morgan fingerprint density at radius 3 is 1.78 bits per heavy atom. The lowest BCUT2D eigenvalue weighted by Gasteiger charge is -2.17. The molecule has 0 saturated carbocycles. The monoisotopic (exact) mass is 610 g/mol. The normalized spacial score (nSPS) is 13.1. The Labute approximate surface area is 267 Å². The summed E-state index contributed by atoms with van der Waals surface area (Å²) in [7, 11) is 0. The van der Waals surface area contributed by atoms with Crippen LogP contribution in [-0.2, 0) is 16.0 Å². The first-order chi connectivity index (χ1) is 22.4. The van der Waals surface area contributed by atoms with Crippen molar-refractivity contribution in [1.29, 1.82) is 0 Å². The lowest BCUT2D eigenvalue weighted by molar-refractivity contribution is -0.139. The number of amides is 1. The fourth-order valence-electron chi connectivity index (χ4n) is 6.04. The number of fused-ring (bicyclic) bond motifs is 4. The smallest absolute Gasteiger partial charge is 0.407 e. The molecule has 1 unspecified atom stereocenters. The summed E-state index contributed by atoms with van der Waals surface area (Å²) in [6, 6.07) is 40.9. The Morgan fingerprint density at radius 1 is 0.717 bits per heavy atom. The van der Waals surface area contributed by atoms with Gasteiger partial charge in [-0.3, -0.25) is 0 Å². The molecule has 0 saturated heterocycles. The molecule has 0 spiro atoms. The molecule has 0 fully saturated rings. The topological polar surface area (TPSA) is 140 Å². The second-order valence-electron chi connectivity index (χ2n) is 11.2. The number of benzene rings is 5. The number of aliphatic carboxylic acids is 1. The van der Waals surface area contributed by atoms with Gasteiger partial charge < -0.3 is 26.6 Å². The second kappa shape index (κ2) is 13.4. The molecular weight excluding hydrogens is 576 g/mol. The molecule has 5 aromatic carbocycles. The summed E-state index contributed by atoms with van der Waals surface area (Å²) in [5.74, 6) is -0.731. The zero-order chi connectivity index (χ0) is 32.0. The summed E-state index contributed by atoms with van der Waals surface area (Å²) in [6.07, 6.45) is -0.692. The standard InChI is InChI=1S/C25H24N4O4.C13H10/c26-24(27)28-16-11-9-15(10-12-16)13-22(23(30)31)29-25(32)33-14-21-19-7-3-1-5-17(19)18-6-2-4-8-20(18)21;1-2-6-10(7-3-1)13-11-8-4-5-9-12(11)13/h1-12,21-22H,13-14H2,(H,29,32)(H,30,31)(H4,26,27,28);1-9,13H. The van der Waals surface area contributed by atoms with Gasteiger partial charge in [0.1, 0.15) is 12.6 Å². The predicted molar refractivity (Wildman–Crippen MR) is 179 cm³/mol. The summed E-state index contributed by atoms with van der Waals surface area (Å²) < 4.78 is 5.46. The van der Waals surface area contributed by atoms with E-state index >= 15 is 0 Å². The van der Waals surface area contributed by atoms with Crippen LogP contribution in [0.4, 0.5) is 10.5 Å². The Kier molecular flexibility index (Phi) is 8.78. The molecule has 8 nitrogen and oxygen atoms in total. The van der Waals surface area contributed by atoms with Crippen LogP contribution in [0, 0.1) is 0 Å². The minimum atomic E-state index is -1.16. The van der Waals surface area contributed by atoms with Crippen molar-refractivity contribution in [3.63, 3.8) is 0 Å². The lowest BCUT2D eigenvalue weighted by Crippen LogP contribution is -2.42. The molecule has 6 N–H and O–H groups in total. The molecule has 0 aromatic heterocycles. The molecule has 0 radical (unpaired) electrons. The van der Waals surface area contributed by atoms with E-state index in [2.05, 4.69) is 64.9 Å². The van der Waals surface area contributed by atoms with Gasteiger partial charge in [0, 0.05) is 18.3 Å². The average molecular weight is 611 g/mol. The quantitative estimate of drug-likeness (QED) is 0.118. The highest BCUT2D eigenvalue weighted by atomic mass is 16.5. The predicted octanol–water partition coefficient (Wildman–Crippen LogP) is 6.31. The number of aliphatic imine (C=N–C) groups is 1. The van der Waals surface area contributed by atoms with E-state index in [1.54, 1.807) is 24.3 Å². The van der Waals surface area contributed by atoms with Crippen molar-refractivity contribution in [1.82, 2.24) is 5.32 Å². The van der Waals surface area contributed by atoms with Gasteiger partial charge in [0.25, 0.3) is 0 Å². The number of ether oxygens (including phenoxy) is 1. The lowest BCUT2D eigenvalue weighted by atomic mass is 9.98. The first-order valence-electron chi connectivity index (χ1n) is 15.1. The molecule has 0 heterocycles. The minimum absolute atomic E-state index is 0.0666. The number of alkyl carbamates (subject to hydrolysis) is 1. The Bertz CT molecular complexity index is 1820. The maximum Gasteiger partial charge on any atom is 0.407 e. The first-order valence-corrected chi connectivity index (χ1v) is 15.1. The Balaban J connectivity index is 0.000000235. The summed E-state index contributed by atoms with van der Waals surface area (Å²) in [4.78, 5) is 28.1. The zero-order valence-corrected chi connectivity index (χ0v) is 25.0. The van der Waals surface area contributed by atoms with Gasteiger partial charge >= 0.3 is 12.1 Å². The molecular formula is C38H34N4O4. The minimum Gasteiger partial charge on any atom is -0.480 e. The second-order valence-corrected chi connectivity index (χ2v) is 11.2. The average Bonchev–Trinajstić information content (AvgIpc) is 3.72. The van der Waals surface area contributed by atoms with Crippen LogP contribution in [0.25, 0.3) is 11.1 Å². The SMILES string of the molecule is NC(N)=Nc1ccc(CC(NC(=O)OCC2c3ccccc3-c3ccccc32)C(=O)O)cc1.c1ccc(C2c3ccccc32)cc1. The molecule has 8 heteroatoms. The fourth-order valence-corrected chi connectivity index (χ4v) is 6.04. The van der Waals surface area contributed by atoms with Crippen molar-refractivity contribution >= 4 is 23.7 Å². The molecule has 46 heavy (non-hydrogen) atoms. The van der Waals surface area contributed by atoms with Gasteiger partial charge in [-0.2, -0.15) is 0 Å². The van der Waals surface area contributed by atoms with Crippen molar-refractivity contribution < 1.29 is 19.4 Å². The zero-order valence-electron chi connectivity index (χ0n) is 25.0. The molecule has 2 aliphatic carbocycles. The van der Waals surface area contributed by atoms with Gasteiger partial charge in [0.15, 0.2) is 5.96 Å². The number of guanidine groups is 1. The van der Waals surface area contributed by atoms with Crippen molar-refractivity contribution in [2.24, 2.45) is 16.5 Å². The van der Waals surface area contributed by atoms with Gasteiger partial charge in [-0.05, 0) is 56.6 Å². The first kappa shape index (κ1) is 30.1. The molecule has 5 aromatic rings. The van der Waals surface area contributed by atoms with Gasteiger partial charge in [-0.25, -0.2) is 14.6 Å².